The number of benzene rings is 2. The molecule has 1 unspecified atom stereocenters. The maximum Gasteiger partial charge on any atom is 0.244 e. The van der Waals surface area contributed by atoms with Gasteiger partial charge < -0.3 is 14.4 Å². The normalized spacial score (nSPS) is 17.9. The number of halogens is 2. The minimum atomic E-state index is -0.605. The average Bonchev–Trinajstić information content (AvgIpc) is 2.67. The summed E-state index contributed by atoms with van der Waals surface area (Å²) in [5, 5.41) is 0. The van der Waals surface area contributed by atoms with E-state index < -0.39 is 17.7 Å². The van der Waals surface area contributed by atoms with E-state index in [4.69, 9.17) is 9.47 Å². The van der Waals surface area contributed by atoms with Gasteiger partial charge in [-0.15, -0.1) is 0 Å². The SMILES string of the molecule is COc1ccc(OC)c(N2CCN(Cc3c(F)cccc3F)C(C)C2=O)c1. The fourth-order valence-electron chi connectivity index (χ4n) is 3.26. The van der Waals surface area contributed by atoms with Gasteiger partial charge in [-0.1, -0.05) is 6.07 Å². The summed E-state index contributed by atoms with van der Waals surface area (Å²) in [5.74, 6) is -0.199. The molecule has 2 aromatic carbocycles. The number of methoxy groups -OCH3 is 2. The van der Waals surface area contributed by atoms with Crippen LogP contribution in [0.5, 0.6) is 11.5 Å². The van der Waals surface area contributed by atoms with Crippen molar-refractivity contribution in [2.45, 2.75) is 19.5 Å². The van der Waals surface area contributed by atoms with Crippen LogP contribution in [-0.2, 0) is 11.3 Å². The minimum absolute atomic E-state index is 0.0236. The first-order chi connectivity index (χ1) is 13.0. The summed E-state index contributed by atoms with van der Waals surface area (Å²) in [6.07, 6.45) is 0. The summed E-state index contributed by atoms with van der Waals surface area (Å²) < 4.78 is 38.5. The quantitative estimate of drug-likeness (QED) is 0.804. The molecule has 0 bridgehead atoms. The summed E-state index contributed by atoms with van der Waals surface area (Å²) >= 11 is 0. The van der Waals surface area contributed by atoms with Gasteiger partial charge in [0.05, 0.1) is 25.9 Å². The molecule has 0 spiro atoms. The molecule has 7 heteroatoms. The highest BCUT2D eigenvalue weighted by Crippen LogP contribution is 2.34. The van der Waals surface area contributed by atoms with E-state index in [1.54, 1.807) is 42.0 Å². The first-order valence-corrected chi connectivity index (χ1v) is 8.66. The molecule has 1 fully saturated rings. The Morgan fingerprint density at radius 3 is 2.41 bits per heavy atom. The van der Waals surface area contributed by atoms with Crippen LogP contribution < -0.4 is 14.4 Å². The second-order valence-corrected chi connectivity index (χ2v) is 6.37. The molecule has 0 N–H and O–H groups in total. The van der Waals surface area contributed by atoms with Crippen molar-refractivity contribution in [3.63, 3.8) is 0 Å². The van der Waals surface area contributed by atoms with Gasteiger partial charge in [0, 0.05) is 31.3 Å². The number of rotatable bonds is 5. The monoisotopic (exact) mass is 376 g/mol. The van der Waals surface area contributed by atoms with Gasteiger partial charge in [-0.25, -0.2) is 8.78 Å². The molecule has 1 atom stereocenters. The standard InChI is InChI=1S/C20H22F2N2O3/c1-13-20(25)24(18-11-14(26-2)7-8-19(18)27-3)10-9-23(13)12-15-16(21)5-4-6-17(15)22/h4-8,11,13H,9-10,12H2,1-3H3. The lowest BCUT2D eigenvalue weighted by atomic mass is 10.1. The number of carbonyl (C=O) groups is 1. The smallest absolute Gasteiger partial charge is 0.244 e. The molecule has 27 heavy (non-hydrogen) atoms. The number of carbonyl (C=O) groups excluding carboxylic acids is 1. The van der Waals surface area contributed by atoms with Crippen molar-refractivity contribution < 1.29 is 23.0 Å². The number of piperazine rings is 1. The molecule has 2 aromatic rings. The van der Waals surface area contributed by atoms with Crippen LogP contribution in [-0.4, -0.2) is 44.2 Å². The zero-order valence-electron chi connectivity index (χ0n) is 15.5. The fraction of sp³-hybridized carbons (Fsp3) is 0.350. The molecule has 1 saturated heterocycles. The molecule has 0 aliphatic carbocycles. The highest BCUT2D eigenvalue weighted by atomic mass is 19.1. The van der Waals surface area contributed by atoms with Crippen LogP contribution in [0.2, 0.25) is 0 Å². The molecule has 1 aliphatic rings. The van der Waals surface area contributed by atoms with E-state index >= 15 is 0 Å². The molecular weight excluding hydrogens is 354 g/mol. The van der Waals surface area contributed by atoms with E-state index in [1.165, 1.54) is 25.3 Å². The Morgan fingerprint density at radius 2 is 1.78 bits per heavy atom. The van der Waals surface area contributed by atoms with Crippen LogP contribution in [0.25, 0.3) is 0 Å². The Kier molecular flexibility index (Phi) is 5.60. The molecule has 1 aliphatic heterocycles. The number of ether oxygens (including phenoxy) is 2. The van der Waals surface area contributed by atoms with E-state index in [-0.39, 0.29) is 18.0 Å². The fourth-order valence-corrected chi connectivity index (χ4v) is 3.26. The van der Waals surface area contributed by atoms with E-state index in [1.807, 2.05) is 0 Å². The Balaban J connectivity index is 1.83. The average molecular weight is 376 g/mol. The molecular formula is C20H22F2N2O3. The third-order valence-corrected chi connectivity index (χ3v) is 4.88. The lowest BCUT2D eigenvalue weighted by Crippen LogP contribution is -2.55. The van der Waals surface area contributed by atoms with Gasteiger partial charge in [0.2, 0.25) is 5.91 Å². The van der Waals surface area contributed by atoms with Gasteiger partial charge in [-0.3, -0.25) is 9.69 Å². The van der Waals surface area contributed by atoms with Crippen LogP contribution in [0, 0.1) is 11.6 Å². The van der Waals surface area contributed by atoms with E-state index in [2.05, 4.69) is 0 Å². The van der Waals surface area contributed by atoms with Gasteiger partial charge in [0.15, 0.2) is 0 Å². The summed E-state index contributed by atoms with van der Waals surface area (Å²) in [6.45, 7) is 2.62. The van der Waals surface area contributed by atoms with Crippen LogP contribution in [0.1, 0.15) is 12.5 Å². The van der Waals surface area contributed by atoms with Crippen LogP contribution in [0.4, 0.5) is 14.5 Å². The first-order valence-electron chi connectivity index (χ1n) is 8.66. The summed E-state index contributed by atoms with van der Waals surface area (Å²) in [5.41, 5.74) is 0.593. The minimum Gasteiger partial charge on any atom is -0.497 e. The molecule has 0 radical (unpaired) electrons. The van der Waals surface area contributed by atoms with E-state index in [0.717, 1.165) is 0 Å². The Labute approximate surface area is 157 Å². The summed E-state index contributed by atoms with van der Waals surface area (Å²) in [4.78, 5) is 16.4. The Morgan fingerprint density at radius 1 is 1.07 bits per heavy atom. The van der Waals surface area contributed by atoms with E-state index in [9.17, 15) is 13.6 Å². The van der Waals surface area contributed by atoms with Crippen molar-refractivity contribution in [1.29, 1.82) is 0 Å². The van der Waals surface area contributed by atoms with Gasteiger partial charge in [0.1, 0.15) is 23.1 Å². The summed E-state index contributed by atoms with van der Waals surface area (Å²) in [7, 11) is 3.09. The number of nitrogens with zero attached hydrogens (tertiary/aromatic N) is 2. The Bertz CT molecular complexity index is 824. The number of hydrogen-bond acceptors (Lipinski definition) is 4. The largest absolute Gasteiger partial charge is 0.497 e. The van der Waals surface area contributed by atoms with Crippen LogP contribution in [0.3, 0.4) is 0 Å². The molecule has 144 valence electrons. The lowest BCUT2D eigenvalue weighted by Gasteiger charge is -2.39. The maximum absolute atomic E-state index is 14.0. The molecule has 5 nitrogen and oxygen atoms in total. The van der Waals surface area contributed by atoms with Crippen LogP contribution in [0.15, 0.2) is 36.4 Å². The number of hydrogen-bond donors (Lipinski definition) is 0. The van der Waals surface area contributed by atoms with Crippen molar-refractivity contribution in [2.24, 2.45) is 0 Å². The Hall–Kier alpha value is -2.67. The number of amides is 1. The second-order valence-electron chi connectivity index (χ2n) is 6.37. The highest BCUT2D eigenvalue weighted by Gasteiger charge is 2.34. The zero-order valence-corrected chi connectivity index (χ0v) is 15.5. The van der Waals surface area contributed by atoms with Crippen LogP contribution >= 0.6 is 0 Å². The number of anilines is 1. The van der Waals surface area contributed by atoms with Gasteiger partial charge in [0.25, 0.3) is 0 Å². The molecule has 1 heterocycles. The zero-order chi connectivity index (χ0) is 19.6. The van der Waals surface area contributed by atoms with E-state index in [0.29, 0.717) is 30.3 Å². The lowest BCUT2D eigenvalue weighted by molar-refractivity contribution is -0.125. The van der Waals surface area contributed by atoms with Crippen molar-refractivity contribution in [1.82, 2.24) is 4.90 Å². The van der Waals surface area contributed by atoms with Crippen molar-refractivity contribution in [3.05, 3.63) is 53.6 Å². The highest BCUT2D eigenvalue weighted by molar-refractivity contribution is 5.99. The topological polar surface area (TPSA) is 42.0 Å². The van der Waals surface area contributed by atoms with Gasteiger partial charge >= 0.3 is 0 Å². The predicted octanol–water partition coefficient (Wildman–Crippen LogP) is 3.22. The molecule has 0 saturated carbocycles. The predicted molar refractivity (Wildman–Crippen MR) is 98.1 cm³/mol. The maximum atomic E-state index is 14.0. The van der Waals surface area contributed by atoms with Crippen molar-refractivity contribution >= 4 is 11.6 Å². The molecule has 3 rings (SSSR count). The van der Waals surface area contributed by atoms with Gasteiger partial charge in [-0.05, 0) is 31.2 Å². The van der Waals surface area contributed by atoms with Crippen molar-refractivity contribution in [2.75, 3.05) is 32.2 Å². The second kappa shape index (κ2) is 7.92. The van der Waals surface area contributed by atoms with Crippen molar-refractivity contribution in [3.8, 4) is 11.5 Å². The third kappa shape index (κ3) is 3.73. The van der Waals surface area contributed by atoms with Gasteiger partial charge in [-0.2, -0.15) is 0 Å². The first kappa shape index (κ1) is 19.1. The molecule has 1 amide bonds. The molecule has 0 aromatic heterocycles. The summed E-state index contributed by atoms with van der Waals surface area (Å²) in [6, 6.07) is 8.49. The third-order valence-electron chi connectivity index (χ3n) is 4.88.